The highest BCUT2D eigenvalue weighted by atomic mass is 35.5. The summed E-state index contributed by atoms with van der Waals surface area (Å²) in [4.78, 5) is 14.4. The van der Waals surface area contributed by atoms with Gasteiger partial charge in [-0.15, -0.1) is 0 Å². The van der Waals surface area contributed by atoms with Gasteiger partial charge in [-0.05, 0) is 30.5 Å². The van der Waals surface area contributed by atoms with Gasteiger partial charge in [-0.2, -0.15) is 5.10 Å². The number of halogens is 2. The first-order valence-corrected chi connectivity index (χ1v) is 12.3. The summed E-state index contributed by atoms with van der Waals surface area (Å²) in [5.74, 6) is -0.412. The predicted molar refractivity (Wildman–Crippen MR) is 123 cm³/mol. The van der Waals surface area contributed by atoms with Gasteiger partial charge in [0.15, 0.2) is 0 Å². The maximum Gasteiger partial charge on any atom is 0.255 e. The molecule has 1 N–H and O–H groups in total. The monoisotopic (exact) mass is 492 g/mol. The van der Waals surface area contributed by atoms with Crippen LogP contribution in [0.15, 0.2) is 59.8 Å². The number of nitrogens with zero attached hydrogens (tertiary/aromatic N) is 3. The van der Waals surface area contributed by atoms with Gasteiger partial charge < -0.3 is 4.90 Å². The Hall–Kier alpha value is -2.39. The molecule has 168 valence electrons. The first-order chi connectivity index (χ1) is 15.2. The molecule has 2 aromatic carbocycles. The van der Waals surface area contributed by atoms with Crippen LogP contribution >= 0.6 is 23.2 Å². The minimum atomic E-state index is -3.84. The molecule has 0 saturated heterocycles. The zero-order valence-electron chi connectivity index (χ0n) is 17.3. The van der Waals surface area contributed by atoms with Crippen molar-refractivity contribution in [3.63, 3.8) is 0 Å². The fourth-order valence-corrected chi connectivity index (χ4v) is 5.44. The highest BCUT2D eigenvalue weighted by Gasteiger charge is 2.30. The number of hydrogen-bond acceptors (Lipinski definition) is 4. The van der Waals surface area contributed by atoms with Gasteiger partial charge in [0, 0.05) is 31.4 Å². The number of amides is 1. The standard InChI is InChI=1S/C22H22Cl2N4O3S/c1-27(12-16-11-25-28(14-16)13-15-5-3-2-4-6-15)22(29)18-9-21(20(24)10-19(18)23)32(30,31)26-17-7-8-17/h2-6,9-11,14,17,26H,7-8,12-13H2,1H3. The van der Waals surface area contributed by atoms with Crippen LogP contribution in [0.2, 0.25) is 10.0 Å². The molecule has 1 fully saturated rings. The van der Waals surface area contributed by atoms with E-state index in [1.165, 1.54) is 17.0 Å². The predicted octanol–water partition coefficient (Wildman–Crippen LogP) is 3.95. The topological polar surface area (TPSA) is 84.3 Å². The summed E-state index contributed by atoms with van der Waals surface area (Å²) >= 11 is 12.4. The normalized spacial score (nSPS) is 13.8. The van der Waals surface area contributed by atoms with E-state index in [1.54, 1.807) is 17.9 Å². The van der Waals surface area contributed by atoms with Crippen molar-refractivity contribution in [1.29, 1.82) is 0 Å². The Kier molecular flexibility index (Phi) is 6.57. The summed E-state index contributed by atoms with van der Waals surface area (Å²) in [5.41, 5.74) is 2.03. The molecular weight excluding hydrogens is 471 g/mol. The van der Waals surface area contributed by atoms with Crippen LogP contribution in [0.25, 0.3) is 0 Å². The van der Waals surface area contributed by atoms with Crippen molar-refractivity contribution in [2.24, 2.45) is 0 Å². The van der Waals surface area contributed by atoms with Gasteiger partial charge in [0.1, 0.15) is 4.90 Å². The van der Waals surface area contributed by atoms with E-state index < -0.39 is 15.9 Å². The molecule has 1 saturated carbocycles. The van der Waals surface area contributed by atoms with Crippen molar-refractivity contribution >= 4 is 39.1 Å². The molecule has 3 aromatic rings. The Bertz CT molecular complexity index is 1240. The molecule has 1 aliphatic carbocycles. The van der Waals surface area contributed by atoms with Crippen molar-refractivity contribution in [2.75, 3.05) is 7.05 Å². The first-order valence-electron chi connectivity index (χ1n) is 10.0. The zero-order chi connectivity index (χ0) is 22.9. The number of benzene rings is 2. The lowest BCUT2D eigenvalue weighted by atomic mass is 10.2. The highest BCUT2D eigenvalue weighted by Crippen LogP contribution is 2.31. The molecule has 1 heterocycles. The summed E-state index contributed by atoms with van der Waals surface area (Å²) in [7, 11) is -2.21. The van der Waals surface area contributed by atoms with E-state index in [2.05, 4.69) is 9.82 Å². The average Bonchev–Trinajstić information content (AvgIpc) is 3.44. The Morgan fingerprint density at radius 3 is 2.56 bits per heavy atom. The quantitative estimate of drug-likeness (QED) is 0.515. The molecule has 32 heavy (non-hydrogen) atoms. The van der Waals surface area contributed by atoms with E-state index >= 15 is 0 Å². The van der Waals surface area contributed by atoms with Gasteiger partial charge in [0.2, 0.25) is 10.0 Å². The van der Waals surface area contributed by atoms with Crippen LogP contribution in [0.1, 0.15) is 34.3 Å². The van der Waals surface area contributed by atoms with E-state index in [0.29, 0.717) is 6.54 Å². The van der Waals surface area contributed by atoms with Crippen molar-refractivity contribution in [3.05, 3.63) is 81.6 Å². The molecule has 7 nitrogen and oxygen atoms in total. The molecule has 0 radical (unpaired) electrons. The number of nitrogens with one attached hydrogen (secondary N) is 1. The Balaban J connectivity index is 1.50. The van der Waals surface area contributed by atoms with E-state index in [4.69, 9.17) is 23.2 Å². The van der Waals surface area contributed by atoms with Crippen LogP contribution in [0.3, 0.4) is 0 Å². The van der Waals surface area contributed by atoms with Crippen molar-refractivity contribution < 1.29 is 13.2 Å². The Morgan fingerprint density at radius 1 is 1.16 bits per heavy atom. The lowest BCUT2D eigenvalue weighted by molar-refractivity contribution is 0.0785. The van der Waals surface area contributed by atoms with Gasteiger partial charge in [-0.25, -0.2) is 13.1 Å². The van der Waals surface area contributed by atoms with Gasteiger partial charge >= 0.3 is 0 Å². The fourth-order valence-electron chi connectivity index (χ4n) is 3.28. The molecule has 0 atom stereocenters. The fraction of sp³-hybridized carbons (Fsp3) is 0.273. The smallest absolute Gasteiger partial charge is 0.255 e. The Morgan fingerprint density at radius 2 is 1.88 bits per heavy atom. The largest absolute Gasteiger partial charge is 0.337 e. The third-order valence-corrected chi connectivity index (χ3v) is 7.38. The van der Waals surface area contributed by atoms with Gasteiger partial charge in [-0.1, -0.05) is 53.5 Å². The molecule has 0 unspecified atom stereocenters. The van der Waals surface area contributed by atoms with Crippen LogP contribution in [-0.4, -0.2) is 42.1 Å². The van der Waals surface area contributed by atoms with E-state index in [-0.39, 0.29) is 33.1 Å². The molecule has 1 aromatic heterocycles. The highest BCUT2D eigenvalue weighted by molar-refractivity contribution is 7.89. The number of carbonyl (C=O) groups excluding carboxylic acids is 1. The SMILES string of the molecule is CN(Cc1cnn(Cc2ccccc2)c1)C(=O)c1cc(S(=O)(=O)NC2CC2)c(Cl)cc1Cl. The molecular formula is C22H22Cl2N4O3S. The second-order valence-electron chi connectivity index (χ2n) is 7.85. The van der Waals surface area contributed by atoms with Crippen molar-refractivity contribution in [3.8, 4) is 0 Å². The molecule has 0 spiro atoms. The summed E-state index contributed by atoms with van der Waals surface area (Å²) in [6.45, 7) is 0.908. The molecule has 10 heteroatoms. The maximum absolute atomic E-state index is 13.0. The average molecular weight is 493 g/mol. The number of carbonyl (C=O) groups is 1. The van der Waals surface area contributed by atoms with E-state index in [1.807, 2.05) is 36.5 Å². The zero-order valence-corrected chi connectivity index (χ0v) is 19.7. The van der Waals surface area contributed by atoms with Gasteiger partial charge in [0.05, 0.1) is 28.4 Å². The van der Waals surface area contributed by atoms with Crippen LogP contribution in [0.5, 0.6) is 0 Å². The third-order valence-electron chi connectivity index (χ3n) is 5.08. The van der Waals surface area contributed by atoms with Crippen LogP contribution in [-0.2, 0) is 23.1 Å². The van der Waals surface area contributed by atoms with Gasteiger partial charge in [-0.3, -0.25) is 9.48 Å². The molecule has 4 rings (SSSR count). The minimum absolute atomic E-state index is 0.0236. The van der Waals surface area contributed by atoms with Crippen molar-refractivity contribution in [2.45, 2.75) is 36.9 Å². The first kappa shape index (κ1) is 22.8. The third kappa shape index (κ3) is 5.32. The maximum atomic E-state index is 13.0. The van der Waals surface area contributed by atoms with Crippen molar-refractivity contribution in [1.82, 2.24) is 19.4 Å². The van der Waals surface area contributed by atoms with E-state index in [9.17, 15) is 13.2 Å². The second-order valence-corrected chi connectivity index (χ2v) is 10.3. The molecule has 1 aliphatic rings. The second kappa shape index (κ2) is 9.23. The number of sulfonamides is 1. The molecule has 1 amide bonds. The van der Waals surface area contributed by atoms with E-state index in [0.717, 1.165) is 24.0 Å². The number of rotatable bonds is 8. The number of hydrogen-bond donors (Lipinski definition) is 1. The lowest BCUT2D eigenvalue weighted by Crippen LogP contribution is -2.28. The summed E-state index contributed by atoms with van der Waals surface area (Å²) in [6, 6.07) is 12.4. The van der Waals surface area contributed by atoms with Crippen LogP contribution in [0.4, 0.5) is 0 Å². The lowest BCUT2D eigenvalue weighted by Gasteiger charge is -2.18. The van der Waals surface area contributed by atoms with Crippen LogP contribution in [0, 0.1) is 0 Å². The summed E-state index contributed by atoms with van der Waals surface area (Å²) in [6.07, 6.45) is 5.15. The van der Waals surface area contributed by atoms with Crippen LogP contribution < -0.4 is 4.72 Å². The van der Waals surface area contributed by atoms with Gasteiger partial charge in [0.25, 0.3) is 5.91 Å². The molecule has 0 aliphatic heterocycles. The summed E-state index contributed by atoms with van der Waals surface area (Å²) in [5, 5.41) is 4.42. The number of aromatic nitrogens is 2. The molecule has 0 bridgehead atoms. The minimum Gasteiger partial charge on any atom is -0.337 e. The Labute approximate surface area is 197 Å². The summed E-state index contributed by atoms with van der Waals surface area (Å²) < 4.78 is 29.6.